The lowest BCUT2D eigenvalue weighted by molar-refractivity contribution is -0.130. The van der Waals surface area contributed by atoms with Gasteiger partial charge in [0.05, 0.1) is 16.2 Å². The summed E-state index contributed by atoms with van der Waals surface area (Å²) < 4.78 is 24.6. The van der Waals surface area contributed by atoms with E-state index in [4.69, 9.17) is 5.11 Å². The Morgan fingerprint density at radius 2 is 1.57 bits per heavy atom. The monoisotopic (exact) mass is 302 g/mol. The van der Waals surface area contributed by atoms with Crippen LogP contribution in [-0.4, -0.2) is 19.5 Å². The molecule has 4 nitrogen and oxygen atoms in total. The quantitative estimate of drug-likeness (QED) is 0.862. The Balaban J connectivity index is 2.25. The molecule has 1 N–H and O–H groups in total. The number of hydrogen-bond acceptors (Lipinski definition) is 3. The molecule has 0 spiro atoms. The number of benzene rings is 2. The molecular weight excluding hydrogens is 288 g/mol. The van der Waals surface area contributed by atoms with Crippen LogP contribution in [0.1, 0.15) is 11.1 Å². The number of sulfone groups is 1. The fourth-order valence-corrected chi connectivity index (χ4v) is 3.21. The zero-order valence-corrected chi connectivity index (χ0v) is 12.0. The van der Waals surface area contributed by atoms with Gasteiger partial charge in [0.25, 0.3) is 0 Å². The lowest BCUT2D eigenvalue weighted by atomic mass is 10.1. The number of carboxylic acids is 1. The predicted octanol–water partition coefficient (Wildman–Crippen LogP) is 2.76. The molecule has 0 saturated heterocycles. The van der Waals surface area contributed by atoms with Crippen LogP contribution in [0.2, 0.25) is 0 Å². The first-order chi connectivity index (χ1) is 9.90. The minimum absolute atomic E-state index is 0.0676. The maximum Gasteiger partial charge on any atom is 0.335 e. The molecule has 21 heavy (non-hydrogen) atoms. The molecule has 5 heteroatoms. The van der Waals surface area contributed by atoms with Crippen LogP contribution in [0, 0.1) is 0 Å². The Morgan fingerprint density at radius 1 is 1.00 bits per heavy atom. The molecule has 0 bridgehead atoms. The number of carbonyl (C=O) groups is 1. The SMILES string of the molecule is C=C(C(=O)O)c1ccc(S(=O)(=O)Cc2ccccc2)cc1. The summed E-state index contributed by atoms with van der Waals surface area (Å²) in [7, 11) is -3.45. The molecule has 0 fully saturated rings. The van der Waals surface area contributed by atoms with Crippen LogP contribution >= 0.6 is 0 Å². The van der Waals surface area contributed by atoms with Crippen molar-refractivity contribution in [3.05, 3.63) is 72.3 Å². The Labute approximate surface area is 123 Å². The summed E-state index contributed by atoms with van der Waals surface area (Å²) in [5.74, 6) is -1.22. The van der Waals surface area contributed by atoms with Gasteiger partial charge in [-0.1, -0.05) is 49.0 Å². The van der Waals surface area contributed by atoms with Gasteiger partial charge >= 0.3 is 5.97 Å². The summed E-state index contributed by atoms with van der Waals surface area (Å²) in [5, 5.41) is 8.84. The highest BCUT2D eigenvalue weighted by molar-refractivity contribution is 7.90. The minimum atomic E-state index is -3.45. The molecule has 2 rings (SSSR count). The van der Waals surface area contributed by atoms with Crippen molar-refractivity contribution >= 4 is 21.4 Å². The zero-order valence-electron chi connectivity index (χ0n) is 11.2. The molecule has 0 aromatic heterocycles. The van der Waals surface area contributed by atoms with E-state index in [2.05, 4.69) is 6.58 Å². The van der Waals surface area contributed by atoms with Gasteiger partial charge in [0.1, 0.15) is 0 Å². The topological polar surface area (TPSA) is 71.4 Å². The molecule has 0 aliphatic carbocycles. The van der Waals surface area contributed by atoms with E-state index in [1.54, 1.807) is 24.3 Å². The fourth-order valence-electron chi connectivity index (χ4n) is 1.86. The van der Waals surface area contributed by atoms with Crippen molar-refractivity contribution in [2.45, 2.75) is 10.6 Å². The Hall–Kier alpha value is -2.40. The molecule has 0 aliphatic rings. The highest BCUT2D eigenvalue weighted by Gasteiger charge is 2.16. The Morgan fingerprint density at radius 3 is 2.10 bits per heavy atom. The fraction of sp³-hybridized carbons (Fsp3) is 0.0625. The molecule has 0 saturated carbocycles. The standard InChI is InChI=1S/C16H14O4S/c1-12(16(17)18)14-7-9-15(10-8-14)21(19,20)11-13-5-3-2-4-6-13/h2-10H,1,11H2,(H,17,18). The number of carboxylic acid groups (broad SMARTS) is 1. The molecule has 108 valence electrons. The van der Waals surface area contributed by atoms with Gasteiger partial charge in [-0.15, -0.1) is 0 Å². The van der Waals surface area contributed by atoms with Crippen molar-refractivity contribution in [2.24, 2.45) is 0 Å². The summed E-state index contributed by atoms with van der Waals surface area (Å²) in [4.78, 5) is 11.0. The molecule has 2 aromatic carbocycles. The van der Waals surface area contributed by atoms with E-state index in [1.165, 1.54) is 24.3 Å². The van der Waals surface area contributed by atoms with Crippen molar-refractivity contribution in [1.29, 1.82) is 0 Å². The van der Waals surface area contributed by atoms with E-state index in [0.29, 0.717) is 11.1 Å². The van der Waals surface area contributed by atoms with E-state index < -0.39 is 15.8 Å². The zero-order chi connectivity index (χ0) is 15.5. The second-order valence-corrected chi connectivity index (χ2v) is 6.54. The summed E-state index contributed by atoms with van der Waals surface area (Å²) in [6.07, 6.45) is 0. The largest absolute Gasteiger partial charge is 0.478 e. The van der Waals surface area contributed by atoms with Gasteiger partial charge in [-0.05, 0) is 23.3 Å². The molecule has 0 unspecified atom stereocenters. The van der Waals surface area contributed by atoms with Gasteiger partial charge in [-0.25, -0.2) is 13.2 Å². The molecular formula is C16H14O4S. The average Bonchev–Trinajstić information content (AvgIpc) is 2.47. The first-order valence-corrected chi connectivity index (χ1v) is 7.85. The highest BCUT2D eigenvalue weighted by atomic mass is 32.2. The second-order valence-electron chi connectivity index (χ2n) is 4.55. The first-order valence-electron chi connectivity index (χ1n) is 6.19. The van der Waals surface area contributed by atoms with Crippen LogP contribution in [0.15, 0.2) is 66.1 Å². The predicted molar refractivity (Wildman–Crippen MR) is 80.4 cm³/mol. The van der Waals surface area contributed by atoms with Crippen LogP contribution in [0.4, 0.5) is 0 Å². The number of hydrogen-bond donors (Lipinski definition) is 1. The number of aliphatic carboxylic acids is 1. The maximum atomic E-state index is 12.3. The molecule has 2 aromatic rings. The third kappa shape index (κ3) is 3.58. The van der Waals surface area contributed by atoms with Crippen molar-refractivity contribution < 1.29 is 18.3 Å². The molecule has 0 amide bonds. The summed E-state index contributed by atoms with van der Waals surface area (Å²) in [5.41, 5.74) is 1.03. The third-order valence-electron chi connectivity index (χ3n) is 3.02. The van der Waals surface area contributed by atoms with Gasteiger partial charge in [0, 0.05) is 0 Å². The average molecular weight is 302 g/mol. The van der Waals surface area contributed by atoms with Crippen LogP contribution in [0.25, 0.3) is 5.57 Å². The van der Waals surface area contributed by atoms with E-state index >= 15 is 0 Å². The van der Waals surface area contributed by atoms with E-state index in [0.717, 1.165) is 0 Å². The third-order valence-corrected chi connectivity index (χ3v) is 4.72. The van der Waals surface area contributed by atoms with Crippen molar-refractivity contribution in [3.8, 4) is 0 Å². The van der Waals surface area contributed by atoms with E-state index in [9.17, 15) is 13.2 Å². The minimum Gasteiger partial charge on any atom is -0.478 e. The molecule has 0 heterocycles. The molecule has 0 radical (unpaired) electrons. The smallest absolute Gasteiger partial charge is 0.335 e. The summed E-state index contributed by atoms with van der Waals surface area (Å²) in [6, 6.07) is 14.6. The van der Waals surface area contributed by atoms with Gasteiger partial charge in [0.2, 0.25) is 0 Å². The van der Waals surface area contributed by atoms with Gasteiger partial charge in [-0.2, -0.15) is 0 Å². The molecule has 0 atom stereocenters. The van der Waals surface area contributed by atoms with Crippen LogP contribution in [0.5, 0.6) is 0 Å². The lowest BCUT2D eigenvalue weighted by Crippen LogP contribution is -2.05. The highest BCUT2D eigenvalue weighted by Crippen LogP contribution is 2.20. The lowest BCUT2D eigenvalue weighted by Gasteiger charge is -2.06. The van der Waals surface area contributed by atoms with Gasteiger partial charge in [-0.3, -0.25) is 0 Å². The van der Waals surface area contributed by atoms with Crippen LogP contribution in [-0.2, 0) is 20.4 Å². The Kier molecular flexibility index (Phi) is 4.23. The van der Waals surface area contributed by atoms with Gasteiger partial charge in [0.15, 0.2) is 9.84 Å². The maximum absolute atomic E-state index is 12.3. The van der Waals surface area contributed by atoms with E-state index in [-0.39, 0.29) is 16.2 Å². The van der Waals surface area contributed by atoms with Crippen molar-refractivity contribution in [3.63, 3.8) is 0 Å². The van der Waals surface area contributed by atoms with Crippen molar-refractivity contribution in [1.82, 2.24) is 0 Å². The van der Waals surface area contributed by atoms with E-state index in [1.807, 2.05) is 6.07 Å². The normalized spacial score (nSPS) is 11.0. The number of rotatable bonds is 5. The van der Waals surface area contributed by atoms with Crippen molar-refractivity contribution in [2.75, 3.05) is 0 Å². The Bertz CT molecular complexity index is 760. The van der Waals surface area contributed by atoms with Crippen LogP contribution < -0.4 is 0 Å². The van der Waals surface area contributed by atoms with Gasteiger partial charge < -0.3 is 5.11 Å². The molecule has 0 aliphatic heterocycles. The summed E-state index contributed by atoms with van der Waals surface area (Å²) in [6.45, 7) is 3.44. The van der Waals surface area contributed by atoms with Crippen LogP contribution in [0.3, 0.4) is 0 Å². The summed E-state index contributed by atoms with van der Waals surface area (Å²) >= 11 is 0. The second kappa shape index (κ2) is 5.93. The first kappa shape index (κ1) is 15.0.